The first-order valence-electron chi connectivity index (χ1n) is 6.75. The van der Waals surface area contributed by atoms with Crippen molar-refractivity contribution in [1.82, 2.24) is 29.6 Å². The van der Waals surface area contributed by atoms with Crippen molar-refractivity contribution in [2.45, 2.75) is 18.9 Å². The van der Waals surface area contributed by atoms with E-state index >= 15 is 0 Å². The SMILES string of the molecule is O=C(O)N1CCC(Nc2ncnc(-n3cncn3)c2Cl)CC1. The van der Waals surface area contributed by atoms with Gasteiger partial charge in [0.15, 0.2) is 11.6 Å². The first kappa shape index (κ1) is 14.5. The highest BCUT2D eigenvalue weighted by atomic mass is 35.5. The van der Waals surface area contributed by atoms with E-state index < -0.39 is 6.09 Å². The summed E-state index contributed by atoms with van der Waals surface area (Å²) < 4.78 is 1.46. The van der Waals surface area contributed by atoms with Crippen LogP contribution in [0.2, 0.25) is 5.02 Å². The Kier molecular flexibility index (Phi) is 4.05. The van der Waals surface area contributed by atoms with Crippen LogP contribution >= 0.6 is 11.6 Å². The van der Waals surface area contributed by atoms with Gasteiger partial charge in [0.25, 0.3) is 0 Å². The van der Waals surface area contributed by atoms with Crippen molar-refractivity contribution in [2.75, 3.05) is 18.4 Å². The molecule has 0 saturated carbocycles. The van der Waals surface area contributed by atoms with Gasteiger partial charge >= 0.3 is 6.09 Å². The van der Waals surface area contributed by atoms with Crippen LogP contribution in [0.4, 0.5) is 10.6 Å². The summed E-state index contributed by atoms with van der Waals surface area (Å²) in [7, 11) is 0. The number of rotatable bonds is 3. The van der Waals surface area contributed by atoms with E-state index in [9.17, 15) is 4.79 Å². The van der Waals surface area contributed by atoms with E-state index in [1.54, 1.807) is 0 Å². The molecule has 9 nitrogen and oxygen atoms in total. The van der Waals surface area contributed by atoms with Crippen LogP contribution < -0.4 is 5.32 Å². The monoisotopic (exact) mass is 323 g/mol. The summed E-state index contributed by atoms with van der Waals surface area (Å²) in [5, 5.41) is 16.5. The molecule has 22 heavy (non-hydrogen) atoms. The standard InChI is InChI=1S/C12H14ClN7O2/c13-9-10(15-6-16-11(9)20-7-14-5-17-20)18-8-1-3-19(4-2-8)12(21)22/h5-8H,1-4H2,(H,21,22)(H,15,16,18). The van der Waals surface area contributed by atoms with Gasteiger partial charge in [0.05, 0.1) is 0 Å². The van der Waals surface area contributed by atoms with Crippen molar-refractivity contribution in [3.05, 3.63) is 24.0 Å². The number of likely N-dealkylation sites (tertiary alicyclic amines) is 1. The van der Waals surface area contributed by atoms with Crippen LogP contribution in [-0.4, -0.2) is 60.0 Å². The first-order valence-corrected chi connectivity index (χ1v) is 7.13. The minimum atomic E-state index is -0.882. The van der Waals surface area contributed by atoms with E-state index in [1.165, 1.54) is 28.6 Å². The van der Waals surface area contributed by atoms with Gasteiger partial charge in [0.2, 0.25) is 0 Å². The Labute approximate surface area is 131 Å². The third-order valence-corrected chi connectivity index (χ3v) is 3.86. The molecule has 2 N–H and O–H groups in total. The average Bonchev–Trinajstić information content (AvgIpc) is 3.04. The second-order valence-corrected chi connectivity index (χ2v) is 5.27. The topological polar surface area (TPSA) is 109 Å². The van der Waals surface area contributed by atoms with Gasteiger partial charge in [-0.05, 0) is 12.8 Å². The van der Waals surface area contributed by atoms with Crippen LogP contribution in [-0.2, 0) is 0 Å². The zero-order chi connectivity index (χ0) is 15.5. The van der Waals surface area contributed by atoms with Crippen molar-refractivity contribution in [1.29, 1.82) is 0 Å². The number of nitrogens with zero attached hydrogens (tertiary/aromatic N) is 6. The van der Waals surface area contributed by atoms with Gasteiger partial charge in [0.1, 0.15) is 24.0 Å². The summed E-state index contributed by atoms with van der Waals surface area (Å²) in [5.41, 5.74) is 0. The van der Waals surface area contributed by atoms with Crippen molar-refractivity contribution in [2.24, 2.45) is 0 Å². The molecule has 1 aliphatic heterocycles. The highest BCUT2D eigenvalue weighted by molar-refractivity contribution is 6.34. The van der Waals surface area contributed by atoms with Gasteiger partial charge in [-0.25, -0.2) is 24.4 Å². The number of piperidine rings is 1. The lowest BCUT2D eigenvalue weighted by molar-refractivity contribution is 0.134. The van der Waals surface area contributed by atoms with Crippen LogP contribution in [0.3, 0.4) is 0 Å². The van der Waals surface area contributed by atoms with Gasteiger partial charge in [-0.3, -0.25) is 0 Å². The minimum absolute atomic E-state index is 0.117. The summed E-state index contributed by atoms with van der Waals surface area (Å²) in [4.78, 5) is 24.4. The summed E-state index contributed by atoms with van der Waals surface area (Å²) >= 11 is 6.32. The van der Waals surface area contributed by atoms with Crippen molar-refractivity contribution in [3.63, 3.8) is 0 Å². The zero-order valence-corrected chi connectivity index (χ0v) is 12.3. The number of amides is 1. The summed E-state index contributed by atoms with van der Waals surface area (Å²) in [6, 6.07) is 0.117. The van der Waals surface area contributed by atoms with Gasteiger partial charge in [-0.1, -0.05) is 11.6 Å². The molecule has 1 fully saturated rings. The van der Waals surface area contributed by atoms with Crippen LogP contribution in [0.5, 0.6) is 0 Å². The maximum atomic E-state index is 10.9. The molecule has 0 aliphatic carbocycles. The summed E-state index contributed by atoms with van der Waals surface area (Å²) in [6.45, 7) is 0.983. The fourth-order valence-electron chi connectivity index (χ4n) is 2.35. The Balaban J connectivity index is 1.71. The number of nitrogens with one attached hydrogen (secondary N) is 1. The zero-order valence-electron chi connectivity index (χ0n) is 11.6. The third-order valence-electron chi connectivity index (χ3n) is 3.51. The molecule has 0 aromatic carbocycles. The fraction of sp³-hybridized carbons (Fsp3) is 0.417. The molecular weight excluding hydrogens is 310 g/mol. The Bertz CT molecular complexity index is 655. The predicted molar refractivity (Wildman–Crippen MR) is 78.2 cm³/mol. The van der Waals surface area contributed by atoms with Gasteiger partial charge in [-0.2, -0.15) is 5.10 Å². The predicted octanol–water partition coefficient (Wildman–Crippen LogP) is 1.26. The molecule has 2 aromatic rings. The molecule has 1 saturated heterocycles. The molecule has 0 unspecified atom stereocenters. The average molecular weight is 324 g/mol. The van der Waals surface area contributed by atoms with Gasteiger partial charge in [0, 0.05) is 19.1 Å². The minimum Gasteiger partial charge on any atom is -0.465 e. The van der Waals surface area contributed by atoms with Crippen molar-refractivity contribution < 1.29 is 9.90 Å². The van der Waals surface area contributed by atoms with Crippen molar-refractivity contribution >= 4 is 23.5 Å². The number of hydrogen-bond acceptors (Lipinski definition) is 6. The summed E-state index contributed by atoms with van der Waals surface area (Å²) in [6.07, 6.45) is 4.82. The number of anilines is 1. The van der Waals surface area contributed by atoms with E-state index in [-0.39, 0.29) is 6.04 Å². The molecule has 116 valence electrons. The highest BCUT2D eigenvalue weighted by Gasteiger charge is 2.23. The lowest BCUT2D eigenvalue weighted by atomic mass is 10.1. The van der Waals surface area contributed by atoms with Crippen LogP contribution in [0.1, 0.15) is 12.8 Å². The van der Waals surface area contributed by atoms with Crippen LogP contribution in [0.15, 0.2) is 19.0 Å². The normalized spacial score (nSPS) is 15.8. The number of halogens is 1. The number of aromatic nitrogens is 5. The molecule has 1 aliphatic rings. The first-order chi connectivity index (χ1) is 10.6. The molecule has 10 heteroatoms. The Morgan fingerprint density at radius 3 is 2.73 bits per heavy atom. The highest BCUT2D eigenvalue weighted by Crippen LogP contribution is 2.26. The molecule has 1 amide bonds. The number of carboxylic acid groups (broad SMARTS) is 1. The largest absolute Gasteiger partial charge is 0.465 e. The maximum Gasteiger partial charge on any atom is 0.407 e. The lowest BCUT2D eigenvalue weighted by Crippen LogP contribution is -2.41. The molecule has 3 heterocycles. The number of carbonyl (C=O) groups is 1. The molecular formula is C12H14ClN7O2. The van der Waals surface area contributed by atoms with E-state index in [0.29, 0.717) is 42.6 Å². The lowest BCUT2D eigenvalue weighted by Gasteiger charge is -2.30. The molecule has 3 rings (SSSR count). The molecule has 0 atom stereocenters. The van der Waals surface area contributed by atoms with E-state index in [2.05, 4.69) is 25.4 Å². The van der Waals surface area contributed by atoms with E-state index in [0.717, 1.165) is 0 Å². The van der Waals surface area contributed by atoms with Crippen molar-refractivity contribution in [3.8, 4) is 5.82 Å². The second kappa shape index (κ2) is 6.14. The fourth-order valence-corrected chi connectivity index (χ4v) is 2.59. The molecule has 0 spiro atoms. The van der Waals surface area contributed by atoms with E-state index in [1.807, 2.05) is 0 Å². The second-order valence-electron chi connectivity index (χ2n) is 4.89. The molecule has 2 aromatic heterocycles. The van der Waals surface area contributed by atoms with Gasteiger partial charge in [-0.15, -0.1) is 0 Å². The van der Waals surface area contributed by atoms with E-state index in [4.69, 9.17) is 16.7 Å². The van der Waals surface area contributed by atoms with Crippen LogP contribution in [0, 0.1) is 0 Å². The molecule has 0 bridgehead atoms. The molecule has 0 radical (unpaired) electrons. The quantitative estimate of drug-likeness (QED) is 0.875. The third kappa shape index (κ3) is 2.93. The van der Waals surface area contributed by atoms with Crippen LogP contribution in [0.25, 0.3) is 5.82 Å². The summed E-state index contributed by atoms with van der Waals surface area (Å²) in [5.74, 6) is 0.954. The van der Waals surface area contributed by atoms with Gasteiger partial charge < -0.3 is 15.3 Å². The Hall–Kier alpha value is -2.42. The Morgan fingerprint density at radius 1 is 1.32 bits per heavy atom. The maximum absolute atomic E-state index is 10.9. The smallest absolute Gasteiger partial charge is 0.407 e. The Morgan fingerprint density at radius 2 is 2.09 bits per heavy atom. The number of hydrogen-bond donors (Lipinski definition) is 2.